The van der Waals surface area contributed by atoms with Crippen molar-refractivity contribution >= 4 is 5.96 Å². The predicted octanol–water partition coefficient (Wildman–Crippen LogP) is -0.815. The molecule has 0 spiro atoms. The zero-order chi connectivity index (χ0) is 13.7. The monoisotopic (exact) mass is 263 g/mol. The Morgan fingerprint density at radius 2 is 2.58 bits per heavy atom. The second-order valence-corrected chi connectivity index (χ2v) is 4.31. The van der Waals surface area contributed by atoms with Gasteiger partial charge in [-0.3, -0.25) is 4.99 Å². The highest BCUT2D eigenvalue weighted by Crippen LogP contribution is 2.03. The molecule has 0 bridgehead atoms. The number of nitrogens with zero attached hydrogens (tertiary/aromatic N) is 6. The molecule has 1 aliphatic rings. The quantitative estimate of drug-likeness (QED) is 0.564. The Balaban J connectivity index is 1.82. The number of guanidine groups is 1. The third-order valence-corrected chi connectivity index (χ3v) is 2.80. The lowest BCUT2D eigenvalue weighted by atomic mass is 10.3. The molecule has 1 aromatic rings. The van der Waals surface area contributed by atoms with Gasteiger partial charge in [-0.05, 0) is 6.92 Å². The number of hydrogen-bond acceptors (Lipinski definition) is 5. The lowest BCUT2D eigenvalue weighted by Crippen LogP contribution is -2.48. The lowest BCUT2D eigenvalue weighted by Gasteiger charge is -2.31. The van der Waals surface area contributed by atoms with Crippen LogP contribution in [0.15, 0.2) is 11.3 Å². The van der Waals surface area contributed by atoms with E-state index in [1.165, 1.54) is 6.33 Å². The van der Waals surface area contributed by atoms with Crippen molar-refractivity contribution in [1.82, 2.24) is 19.7 Å². The number of aliphatic imine (C=N–C) groups is 1. The highest BCUT2D eigenvalue weighted by Gasteiger charge is 2.17. The first kappa shape index (κ1) is 13.3. The minimum absolute atomic E-state index is 0.166. The van der Waals surface area contributed by atoms with Crippen molar-refractivity contribution in [1.29, 1.82) is 5.26 Å². The Bertz CT molecular complexity index is 489. The molecule has 8 heteroatoms. The van der Waals surface area contributed by atoms with Crippen molar-refractivity contribution in [2.24, 2.45) is 10.7 Å². The molecule has 1 atom stereocenters. The topological polar surface area (TPSA) is 105 Å². The van der Waals surface area contributed by atoms with Crippen molar-refractivity contribution in [2.45, 2.75) is 19.6 Å². The summed E-state index contributed by atoms with van der Waals surface area (Å²) in [5.41, 5.74) is 5.93. The smallest absolute Gasteiger partial charge is 0.252 e. The van der Waals surface area contributed by atoms with E-state index in [0.717, 1.165) is 13.1 Å². The van der Waals surface area contributed by atoms with E-state index in [0.29, 0.717) is 25.7 Å². The molecule has 8 nitrogen and oxygen atoms in total. The molecule has 1 saturated heterocycles. The average molecular weight is 263 g/mol. The molecule has 1 fully saturated rings. The SMILES string of the molecule is CC1CN(C(N)=NCCn2cnc(C#N)n2)CCO1. The Labute approximate surface area is 111 Å². The van der Waals surface area contributed by atoms with Gasteiger partial charge < -0.3 is 15.4 Å². The van der Waals surface area contributed by atoms with E-state index in [1.54, 1.807) is 4.68 Å². The second-order valence-electron chi connectivity index (χ2n) is 4.31. The molecule has 1 aromatic heterocycles. The third-order valence-electron chi connectivity index (χ3n) is 2.80. The summed E-state index contributed by atoms with van der Waals surface area (Å²) >= 11 is 0. The molecule has 0 radical (unpaired) electrons. The molecule has 0 aromatic carbocycles. The van der Waals surface area contributed by atoms with Gasteiger partial charge in [0.25, 0.3) is 5.82 Å². The van der Waals surface area contributed by atoms with Crippen LogP contribution in [0.2, 0.25) is 0 Å². The number of hydrogen-bond donors (Lipinski definition) is 1. The van der Waals surface area contributed by atoms with Crippen LogP contribution >= 0.6 is 0 Å². The van der Waals surface area contributed by atoms with E-state index in [9.17, 15) is 0 Å². The molecule has 2 heterocycles. The maximum Gasteiger partial charge on any atom is 0.252 e. The molecule has 0 aliphatic carbocycles. The lowest BCUT2D eigenvalue weighted by molar-refractivity contribution is 0.00529. The van der Waals surface area contributed by atoms with Gasteiger partial charge in [0, 0.05) is 13.1 Å². The zero-order valence-electron chi connectivity index (χ0n) is 10.9. The highest BCUT2D eigenvalue weighted by atomic mass is 16.5. The van der Waals surface area contributed by atoms with Crippen molar-refractivity contribution in [3.8, 4) is 6.07 Å². The van der Waals surface area contributed by atoms with E-state index in [1.807, 2.05) is 17.9 Å². The molecule has 19 heavy (non-hydrogen) atoms. The molecule has 0 amide bonds. The highest BCUT2D eigenvalue weighted by molar-refractivity contribution is 5.78. The van der Waals surface area contributed by atoms with Crippen LogP contribution in [0.25, 0.3) is 0 Å². The molecule has 2 rings (SSSR count). The predicted molar refractivity (Wildman–Crippen MR) is 68.2 cm³/mol. The number of nitrogens with two attached hydrogens (primary N) is 1. The van der Waals surface area contributed by atoms with Crippen molar-refractivity contribution < 1.29 is 4.74 Å². The van der Waals surface area contributed by atoms with Crippen LogP contribution in [0.5, 0.6) is 0 Å². The first-order valence-electron chi connectivity index (χ1n) is 6.15. The molecule has 0 saturated carbocycles. The summed E-state index contributed by atoms with van der Waals surface area (Å²) in [5.74, 6) is 0.690. The first-order chi connectivity index (χ1) is 9.19. The Kier molecular flexibility index (Phi) is 4.30. The number of aromatic nitrogens is 3. The van der Waals surface area contributed by atoms with Gasteiger partial charge in [-0.1, -0.05) is 0 Å². The van der Waals surface area contributed by atoms with E-state index >= 15 is 0 Å². The van der Waals surface area contributed by atoms with Gasteiger partial charge in [-0.2, -0.15) is 5.26 Å². The Morgan fingerprint density at radius 3 is 3.26 bits per heavy atom. The van der Waals surface area contributed by atoms with Gasteiger partial charge in [-0.25, -0.2) is 9.67 Å². The van der Waals surface area contributed by atoms with Crippen molar-refractivity contribution in [3.05, 3.63) is 12.2 Å². The number of morpholine rings is 1. The summed E-state index contributed by atoms with van der Waals surface area (Å²) < 4.78 is 7.02. The summed E-state index contributed by atoms with van der Waals surface area (Å²) in [4.78, 5) is 10.1. The first-order valence-corrected chi connectivity index (χ1v) is 6.15. The van der Waals surface area contributed by atoms with Crippen LogP contribution in [-0.4, -0.2) is 58.0 Å². The second kappa shape index (κ2) is 6.15. The summed E-state index contributed by atoms with van der Waals surface area (Å²) in [6.07, 6.45) is 1.69. The van der Waals surface area contributed by atoms with Crippen molar-refractivity contribution in [2.75, 3.05) is 26.2 Å². The standard InChI is InChI=1S/C11H17N7O/c1-9-7-17(4-5-19-9)11(13)14-2-3-18-8-15-10(6-12)16-18/h8-9H,2-5,7H2,1H3,(H2,13,14). The van der Waals surface area contributed by atoms with Gasteiger partial charge >= 0.3 is 0 Å². The van der Waals surface area contributed by atoms with Gasteiger partial charge in [0.15, 0.2) is 5.96 Å². The molecule has 102 valence electrons. The van der Waals surface area contributed by atoms with Gasteiger partial charge in [0.05, 0.1) is 25.8 Å². The van der Waals surface area contributed by atoms with Gasteiger partial charge in [0.1, 0.15) is 12.4 Å². The molecule has 1 aliphatic heterocycles. The van der Waals surface area contributed by atoms with E-state index in [2.05, 4.69) is 15.1 Å². The number of rotatable bonds is 3. The molecular weight excluding hydrogens is 246 g/mol. The largest absolute Gasteiger partial charge is 0.375 e. The van der Waals surface area contributed by atoms with Gasteiger partial charge in [-0.15, -0.1) is 5.10 Å². The fourth-order valence-electron chi connectivity index (χ4n) is 1.85. The zero-order valence-corrected chi connectivity index (χ0v) is 10.9. The number of nitriles is 1. The van der Waals surface area contributed by atoms with Crippen LogP contribution in [0.3, 0.4) is 0 Å². The van der Waals surface area contributed by atoms with Crippen molar-refractivity contribution in [3.63, 3.8) is 0 Å². The van der Waals surface area contributed by atoms with E-state index < -0.39 is 0 Å². The minimum Gasteiger partial charge on any atom is -0.375 e. The summed E-state index contributed by atoms with van der Waals surface area (Å²) in [6, 6.07) is 1.88. The summed E-state index contributed by atoms with van der Waals surface area (Å²) in [5, 5.41) is 12.6. The Morgan fingerprint density at radius 1 is 1.74 bits per heavy atom. The number of ether oxygens (including phenoxy) is 1. The van der Waals surface area contributed by atoms with Crippen LogP contribution < -0.4 is 5.73 Å². The van der Waals surface area contributed by atoms with Crippen LogP contribution in [0, 0.1) is 11.3 Å². The van der Waals surface area contributed by atoms with Crippen LogP contribution in [0.1, 0.15) is 12.7 Å². The van der Waals surface area contributed by atoms with Crippen LogP contribution in [-0.2, 0) is 11.3 Å². The third kappa shape index (κ3) is 3.66. The normalized spacial score (nSPS) is 20.3. The fraction of sp³-hybridized carbons (Fsp3) is 0.636. The van der Waals surface area contributed by atoms with E-state index in [4.69, 9.17) is 15.7 Å². The summed E-state index contributed by atoms with van der Waals surface area (Å²) in [6.45, 7) is 5.27. The fourth-order valence-corrected chi connectivity index (χ4v) is 1.85. The average Bonchev–Trinajstić information content (AvgIpc) is 2.86. The molecule has 2 N–H and O–H groups in total. The van der Waals surface area contributed by atoms with Gasteiger partial charge in [0.2, 0.25) is 0 Å². The van der Waals surface area contributed by atoms with Crippen LogP contribution in [0.4, 0.5) is 0 Å². The Hall–Kier alpha value is -2.14. The maximum atomic E-state index is 8.61. The van der Waals surface area contributed by atoms with E-state index in [-0.39, 0.29) is 11.9 Å². The maximum absolute atomic E-state index is 8.61. The molecule has 1 unspecified atom stereocenters. The molecular formula is C11H17N7O. The minimum atomic E-state index is 0.166. The summed E-state index contributed by atoms with van der Waals surface area (Å²) in [7, 11) is 0.